The Morgan fingerprint density at radius 2 is 1.74 bits per heavy atom. The fourth-order valence-corrected chi connectivity index (χ4v) is 1.98. The van der Waals surface area contributed by atoms with E-state index in [1.807, 2.05) is 0 Å². The Kier molecular flexibility index (Phi) is 3.90. The molecule has 0 saturated heterocycles. The van der Waals surface area contributed by atoms with Crippen molar-refractivity contribution in [2.75, 3.05) is 7.05 Å². The molecule has 0 amide bonds. The summed E-state index contributed by atoms with van der Waals surface area (Å²) in [6.45, 7) is 2.02. The molecule has 0 heterocycles. The molecule has 0 saturated carbocycles. The molecule has 0 aliphatic heterocycles. The first-order chi connectivity index (χ1) is 9.04. The van der Waals surface area contributed by atoms with Crippen molar-refractivity contribution in [1.82, 2.24) is 5.32 Å². The molecule has 2 rings (SSSR count). The molecule has 0 spiro atoms. The van der Waals surface area contributed by atoms with Crippen LogP contribution >= 0.6 is 0 Å². The molecule has 0 bridgehead atoms. The van der Waals surface area contributed by atoms with Crippen LogP contribution in [0.1, 0.15) is 11.1 Å². The van der Waals surface area contributed by atoms with Crippen LogP contribution in [0, 0.1) is 24.4 Å². The zero-order valence-corrected chi connectivity index (χ0v) is 10.7. The monoisotopic (exact) mass is 265 g/mol. The average molecular weight is 265 g/mol. The largest absolute Gasteiger partial charge is 0.316 e. The zero-order chi connectivity index (χ0) is 14.0. The number of hydrogen-bond acceptors (Lipinski definition) is 1. The lowest BCUT2D eigenvalue weighted by Crippen LogP contribution is -2.05. The van der Waals surface area contributed by atoms with Crippen LogP contribution in [0.4, 0.5) is 13.2 Å². The summed E-state index contributed by atoms with van der Waals surface area (Å²) in [7, 11) is 1.74. The summed E-state index contributed by atoms with van der Waals surface area (Å²) >= 11 is 0. The maximum atomic E-state index is 14.0. The van der Waals surface area contributed by atoms with Gasteiger partial charge in [-0.1, -0.05) is 18.2 Å². The highest BCUT2D eigenvalue weighted by molar-refractivity contribution is 5.66. The lowest BCUT2D eigenvalue weighted by atomic mass is 10.00. The Morgan fingerprint density at radius 1 is 1.00 bits per heavy atom. The maximum absolute atomic E-state index is 14.0. The minimum absolute atomic E-state index is 0.0569. The van der Waals surface area contributed by atoms with Crippen molar-refractivity contribution in [3.05, 3.63) is 58.9 Å². The fraction of sp³-hybridized carbons (Fsp3) is 0.200. The molecule has 0 aliphatic carbocycles. The first kappa shape index (κ1) is 13.6. The van der Waals surface area contributed by atoms with Gasteiger partial charge in [-0.15, -0.1) is 0 Å². The number of halogens is 3. The van der Waals surface area contributed by atoms with E-state index >= 15 is 0 Å². The summed E-state index contributed by atoms with van der Waals surface area (Å²) in [6, 6.07) is 6.82. The standard InChI is InChI=1S/C15H14F3N/c1-9-3-6-12(16)14(15(9)18)11-5-4-10(8-19-2)7-13(11)17/h3-7,19H,8H2,1-2H3. The molecule has 2 aromatic rings. The van der Waals surface area contributed by atoms with Crippen molar-refractivity contribution in [1.29, 1.82) is 0 Å². The van der Waals surface area contributed by atoms with Crippen LogP contribution < -0.4 is 5.32 Å². The van der Waals surface area contributed by atoms with E-state index in [0.717, 1.165) is 11.6 Å². The van der Waals surface area contributed by atoms with Gasteiger partial charge in [-0.25, -0.2) is 13.2 Å². The van der Waals surface area contributed by atoms with E-state index in [9.17, 15) is 13.2 Å². The van der Waals surface area contributed by atoms with E-state index in [4.69, 9.17) is 0 Å². The molecule has 0 aromatic heterocycles. The summed E-state index contributed by atoms with van der Waals surface area (Å²) in [5.74, 6) is -2.11. The fourth-order valence-electron chi connectivity index (χ4n) is 1.98. The zero-order valence-electron chi connectivity index (χ0n) is 10.7. The van der Waals surface area contributed by atoms with Gasteiger partial charge in [0.2, 0.25) is 0 Å². The topological polar surface area (TPSA) is 12.0 Å². The van der Waals surface area contributed by atoms with Crippen LogP contribution in [0.3, 0.4) is 0 Å². The Morgan fingerprint density at radius 3 is 2.37 bits per heavy atom. The Labute approximate surface area is 110 Å². The number of hydrogen-bond donors (Lipinski definition) is 1. The molecular weight excluding hydrogens is 251 g/mol. The summed E-state index contributed by atoms with van der Waals surface area (Å²) in [4.78, 5) is 0. The first-order valence-corrected chi connectivity index (χ1v) is 5.92. The van der Waals surface area contributed by atoms with E-state index in [2.05, 4.69) is 5.32 Å². The maximum Gasteiger partial charge on any atom is 0.136 e. The minimum atomic E-state index is -0.761. The van der Waals surface area contributed by atoms with E-state index in [0.29, 0.717) is 6.54 Å². The third-order valence-electron chi connectivity index (χ3n) is 2.97. The number of aryl methyl sites for hydroxylation is 1. The predicted octanol–water partition coefficient (Wildman–Crippen LogP) is 3.80. The van der Waals surface area contributed by atoms with E-state index in [1.54, 1.807) is 13.1 Å². The molecule has 1 nitrogen and oxygen atoms in total. The first-order valence-electron chi connectivity index (χ1n) is 5.92. The summed E-state index contributed by atoms with van der Waals surface area (Å²) in [6.07, 6.45) is 0. The van der Waals surface area contributed by atoms with Crippen LogP contribution in [0.5, 0.6) is 0 Å². The van der Waals surface area contributed by atoms with Gasteiger partial charge in [0, 0.05) is 12.1 Å². The van der Waals surface area contributed by atoms with Gasteiger partial charge in [0.1, 0.15) is 17.5 Å². The second-order valence-corrected chi connectivity index (χ2v) is 4.40. The van der Waals surface area contributed by atoms with Gasteiger partial charge in [-0.05, 0) is 37.2 Å². The third kappa shape index (κ3) is 2.63. The third-order valence-corrected chi connectivity index (χ3v) is 2.97. The van der Waals surface area contributed by atoms with Crippen LogP contribution in [-0.2, 0) is 6.54 Å². The Balaban J connectivity index is 2.57. The molecule has 4 heteroatoms. The van der Waals surface area contributed by atoms with Crippen LogP contribution in [0.25, 0.3) is 11.1 Å². The van der Waals surface area contributed by atoms with Crippen molar-refractivity contribution < 1.29 is 13.2 Å². The minimum Gasteiger partial charge on any atom is -0.316 e. The van der Waals surface area contributed by atoms with Gasteiger partial charge in [0.05, 0.1) is 5.56 Å². The number of nitrogens with one attached hydrogen (secondary N) is 1. The SMILES string of the molecule is CNCc1ccc(-c2c(F)ccc(C)c2F)c(F)c1. The van der Waals surface area contributed by atoms with Crippen molar-refractivity contribution in [3.63, 3.8) is 0 Å². The van der Waals surface area contributed by atoms with Gasteiger partial charge < -0.3 is 5.32 Å². The second-order valence-electron chi connectivity index (χ2n) is 4.40. The average Bonchev–Trinajstić information content (AvgIpc) is 2.37. The molecule has 0 aliphatic rings. The van der Waals surface area contributed by atoms with Crippen molar-refractivity contribution >= 4 is 0 Å². The molecule has 2 aromatic carbocycles. The van der Waals surface area contributed by atoms with Gasteiger partial charge in [0.25, 0.3) is 0 Å². The molecule has 19 heavy (non-hydrogen) atoms. The van der Waals surface area contributed by atoms with E-state index in [1.165, 1.54) is 25.1 Å². The molecule has 0 radical (unpaired) electrons. The summed E-state index contributed by atoms with van der Waals surface area (Å²) in [5.41, 5.74) is 0.638. The van der Waals surface area contributed by atoms with Crippen molar-refractivity contribution in [2.24, 2.45) is 0 Å². The lowest BCUT2D eigenvalue weighted by molar-refractivity contribution is 0.576. The van der Waals surface area contributed by atoms with Gasteiger partial charge in [-0.2, -0.15) is 0 Å². The summed E-state index contributed by atoms with van der Waals surface area (Å²) in [5, 5.41) is 2.89. The van der Waals surface area contributed by atoms with Crippen LogP contribution in [-0.4, -0.2) is 7.05 Å². The van der Waals surface area contributed by atoms with Crippen LogP contribution in [0.15, 0.2) is 30.3 Å². The molecule has 0 unspecified atom stereocenters. The highest BCUT2D eigenvalue weighted by atomic mass is 19.1. The smallest absolute Gasteiger partial charge is 0.136 e. The van der Waals surface area contributed by atoms with Gasteiger partial charge in [0.15, 0.2) is 0 Å². The normalized spacial score (nSPS) is 10.8. The highest BCUT2D eigenvalue weighted by Gasteiger charge is 2.17. The van der Waals surface area contributed by atoms with Crippen molar-refractivity contribution in [2.45, 2.75) is 13.5 Å². The predicted molar refractivity (Wildman–Crippen MR) is 69.3 cm³/mol. The molecular formula is C15H14F3N. The van der Waals surface area contributed by atoms with E-state index < -0.39 is 17.5 Å². The van der Waals surface area contributed by atoms with Crippen LogP contribution in [0.2, 0.25) is 0 Å². The second kappa shape index (κ2) is 5.45. The number of benzene rings is 2. The number of rotatable bonds is 3. The Bertz CT molecular complexity index is 609. The molecule has 100 valence electrons. The van der Waals surface area contributed by atoms with Crippen molar-refractivity contribution in [3.8, 4) is 11.1 Å². The Hall–Kier alpha value is -1.81. The molecule has 1 N–H and O–H groups in total. The summed E-state index contributed by atoms with van der Waals surface area (Å²) < 4.78 is 41.7. The molecule has 0 atom stereocenters. The van der Waals surface area contributed by atoms with Gasteiger partial charge >= 0.3 is 0 Å². The van der Waals surface area contributed by atoms with E-state index in [-0.39, 0.29) is 16.7 Å². The molecule has 0 fully saturated rings. The lowest BCUT2D eigenvalue weighted by Gasteiger charge is -2.10. The van der Waals surface area contributed by atoms with Gasteiger partial charge in [-0.3, -0.25) is 0 Å². The quantitative estimate of drug-likeness (QED) is 0.890. The highest BCUT2D eigenvalue weighted by Crippen LogP contribution is 2.30.